The van der Waals surface area contributed by atoms with Gasteiger partial charge in [-0.3, -0.25) is 0 Å². The highest BCUT2D eigenvalue weighted by molar-refractivity contribution is 4.96. The molecule has 1 atom stereocenters. The van der Waals surface area contributed by atoms with Gasteiger partial charge in [0.05, 0.1) is 6.10 Å². The lowest BCUT2D eigenvalue weighted by molar-refractivity contribution is 0.221. The molecule has 0 aromatic heterocycles. The largest absolute Gasteiger partial charge is 0.387 e. The Bertz CT molecular complexity index is 179. The molecule has 76 valence electrons. The zero-order valence-electron chi connectivity index (χ0n) is 8.93. The highest BCUT2D eigenvalue weighted by Crippen LogP contribution is 2.21. The van der Waals surface area contributed by atoms with Crippen molar-refractivity contribution in [3.05, 3.63) is 24.9 Å². The second kappa shape index (κ2) is 5.07. The van der Waals surface area contributed by atoms with Crippen LogP contribution in [0.15, 0.2) is 24.9 Å². The predicted octanol–water partition coefficient (Wildman–Crippen LogP) is 2.07. The lowest BCUT2D eigenvalue weighted by Gasteiger charge is -2.21. The van der Waals surface area contributed by atoms with Crippen molar-refractivity contribution in [3.8, 4) is 0 Å². The van der Waals surface area contributed by atoms with Crippen molar-refractivity contribution < 1.29 is 5.11 Å². The molecule has 0 aliphatic heterocycles. The summed E-state index contributed by atoms with van der Waals surface area (Å²) in [5.41, 5.74) is 1.21. The maximum absolute atomic E-state index is 9.18. The maximum Gasteiger partial charge on any atom is 0.0890 e. The molecular weight excluding hydrogens is 162 g/mol. The molecule has 0 rings (SSSR count). The van der Waals surface area contributed by atoms with Gasteiger partial charge in [-0.2, -0.15) is 0 Å². The molecule has 0 saturated carbocycles. The van der Waals surface area contributed by atoms with E-state index in [1.807, 2.05) is 0 Å². The van der Waals surface area contributed by atoms with E-state index in [4.69, 9.17) is 0 Å². The van der Waals surface area contributed by atoms with Crippen molar-refractivity contribution in [1.29, 1.82) is 0 Å². The molecule has 0 bridgehead atoms. The number of hydrogen-bond donors (Lipinski definition) is 2. The van der Waals surface area contributed by atoms with Crippen molar-refractivity contribution in [2.24, 2.45) is 5.41 Å². The Morgan fingerprint density at radius 1 is 1.54 bits per heavy atom. The Morgan fingerprint density at radius 3 is 2.46 bits per heavy atom. The van der Waals surface area contributed by atoms with Crippen LogP contribution in [0.1, 0.15) is 27.2 Å². The maximum atomic E-state index is 9.18. The molecule has 0 spiro atoms. The fraction of sp³-hybridized carbons (Fsp3) is 0.636. The van der Waals surface area contributed by atoms with Crippen LogP contribution in [-0.4, -0.2) is 17.8 Å². The van der Waals surface area contributed by atoms with E-state index < -0.39 is 6.10 Å². The van der Waals surface area contributed by atoms with Crippen molar-refractivity contribution in [2.75, 3.05) is 6.54 Å². The first-order valence-electron chi connectivity index (χ1n) is 4.57. The van der Waals surface area contributed by atoms with Crippen molar-refractivity contribution in [1.82, 2.24) is 5.32 Å². The fourth-order valence-corrected chi connectivity index (χ4v) is 1.03. The van der Waals surface area contributed by atoms with E-state index in [0.717, 1.165) is 12.1 Å². The summed E-state index contributed by atoms with van der Waals surface area (Å²) in [6, 6.07) is 0. The zero-order chi connectivity index (χ0) is 10.5. The Labute approximate surface area is 81.4 Å². The molecule has 2 nitrogen and oxygen atoms in total. The van der Waals surface area contributed by atoms with Gasteiger partial charge in [-0.05, 0) is 11.8 Å². The van der Waals surface area contributed by atoms with Gasteiger partial charge in [-0.15, -0.1) is 6.58 Å². The van der Waals surface area contributed by atoms with Gasteiger partial charge in [0.1, 0.15) is 0 Å². The first-order chi connectivity index (χ1) is 5.85. The summed E-state index contributed by atoms with van der Waals surface area (Å²) in [4.78, 5) is 0. The molecule has 0 radical (unpaired) electrons. The topological polar surface area (TPSA) is 32.3 Å². The van der Waals surface area contributed by atoms with Crippen LogP contribution >= 0.6 is 0 Å². The van der Waals surface area contributed by atoms with Crippen LogP contribution < -0.4 is 5.32 Å². The first kappa shape index (κ1) is 12.2. The van der Waals surface area contributed by atoms with Crippen molar-refractivity contribution in [2.45, 2.75) is 33.3 Å². The summed E-state index contributed by atoms with van der Waals surface area (Å²) in [6.07, 6.45) is 1.94. The third-order valence-electron chi connectivity index (χ3n) is 1.58. The van der Waals surface area contributed by atoms with Crippen LogP contribution in [-0.2, 0) is 0 Å². The third-order valence-corrected chi connectivity index (χ3v) is 1.58. The van der Waals surface area contributed by atoms with Gasteiger partial charge < -0.3 is 10.4 Å². The number of hydrogen-bond acceptors (Lipinski definition) is 2. The van der Waals surface area contributed by atoms with Crippen LogP contribution in [0.5, 0.6) is 0 Å². The number of rotatable bonds is 5. The van der Waals surface area contributed by atoms with Gasteiger partial charge in [0, 0.05) is 12.2 Å². The first-order valence-corrected chi connectivity index (χ1v) is 4.57. The number of aliphatic hydroxyl groups is 1. The Hall–Kier alpha value is -0.760. The molecule has 0 heterocycles. The molecule has 2 N–H and O–H groups in total. The van der Waals surface area contributed by atoms with Crippen molar-refractivity contribution >= 4 is 0 Å². The minimum absolute atomic E-state index is 0.239. The van der Waals surface area contributed by atoms with Gasteiger partial charge in [0.25, 0.3) is 0 Å². The zero-order valence-corrected chi connectivity index (χ0v) is 8.93. The molecule has 0 amide bonds. The molecule has 0 aliphatic rings. The third kappa shape index (κ3) is 7.60. The number of allylic oxidation sites excluding steroid dienone is 1. The van der Waals surface area contributed by atoms with Gasteiger partial charge in [0.15, 0.2) is 0 Å². The van der Waals surface area contributed by atoms with Crippen LogP contribution in [0.2, 0.25) is 0 Å². The van der Waals surface area contributed by atoms with Gasteiger partial charge in [0.2, 0.25) is 0 Å². The summed E-state index contributed by atoms with van der Waals surface area (Å²) in [6.45, 7) is 14.4. The SMILES string of the molecule is C=C[C@@H](O)CNC(=C)CC(C)(C)C. The van der Waals surface area contributed by atoms with E-state index in [0.29, 0.717) is 6.54 Å². The summed E-state index contributed by atoms with van der Waals surface area (Å²) in [5, 5.41) is 12.3. The fourth-order valence-electron chi connectivity index (χ4n) is 1.03. The molecule has 0 aromatic carbocycles. The highest BCUT2D eigenvalue weighted by atomic mass is 16.3. The van der Waals surface area contributed by atoms with Gasteiger partial charge in [-0.1, -0.05) is 33.4 Å². The number of nitrogens with one attached hydrogen (secondary N) is 1. The van der Waals surface area contributed by atoms with Crippen LogP contribution in [0.25, 0.3) is 0 Å². The summed E-state index contributed by atoms with van der Waals surface area (Å²) >= 11 is 0. The monoisotopic (exact) mass is 183 g/mol. The highest BCUT2D eigenvalue weighted by Gasteiger charge is 2.11. The number of aliphatic hydroxyl groups excluding tert-OH is 1. The molecule has 0 aliphatic carbocycles. The smallest absolute Gasteiger partial charge is 0.0890 e. The normalized spacial score (nSPS) is 13.5. The summed E-state index contributed by atoms with van der Waals surface area (Å²) < 4.78 is 0. The molecule has 0 fully saturated rings. The van der Waals surface area contributed by atoms with E-state index in [1.165, 1.54) is 6.08 Å². The average Bonchev–Trinajstić information content (AvgIpc) is 1.97. The molecule has 0 aromatic rings. The van der Waals surface area contributed by atoms with E-state index in [9.17, 15) is 5.11 Å². The second-order valence-corrected chi connectivity index (χ2v) is 4.52. The molecule has 2 heteroatoms. The minimum Gasteiger partial charge on any atom is -0.387 e. The predicted molar refractivity (Wildman–Crippen MR) is 57.4 cm³/mol. The van der Waals surface area contributed by atoms with Crippen molar-refractivity contribution in [3.63, 3.8) is 0 Å². The summed E-state index contributed by atoms with van der Waals surface area (Å²) in [7, 11) is 0. The molecule has 0 unspecified atom stereocenters. The molecule has 0 saturated heterocycles. The summed E-state index contributed by atoms with van der Waals surface area (Å²) in [5.74, 6) is 0. The second-order valence-electron chi connectivity index (χ2n) is 4.52. The lowest BCUT2D eigenvalue weighted by Crippen LogP contribution is -2.26. The minimum atomic E-state index is -0.489. The van der Waals surface area contributed by atoms with E-state index in [2.05, 4.69) is 39.2 Å². The standard InChI is InChI=1S/C11H21NO/c1-6-10(13)8-12-9(2)7-11(3,4)5/h6,10,12-13H,1-2,7-8H2,3-5H3/t10-/m1/s1. The quantitative estimate of drug-likeness (QED) is 0.640. The Morgan fingerprint density at radius 2 is 2.08 bits per heavy atom. The van der Waals surface area contributed by atoms with Crippen LogP contribution in [0.3, 0.4) is 0 Å². The van der Waals surface area contributed by atoms with Crippen LogP contribution in [0.4, 0.5) is 0 Å². The molecule has 13 heavy (non-hydrogen) atoms. The lowest BCUT2D eigenvalue weighted by atomic mass is 9.91. The van der Waals surface area contributed by atoms with E-state index in [-0.39, 0.29) is 5.41 Å². The van der Waals surface area contributed by atoms with E-state index >= 15 is 0 Å². The average molecular weight is 183 g/mol. The molecular formula is C11H21NO. The van der Waals surface area contributed by atoms with Gasteiger partial charge in [-0.25, -0.2) is 0 Å². The van der Waals surface area contributed by atoms with Crippen LogP contribution in [0, 0.1) is 5.41 Å². The van der Waals surface area contributed by atoms with Gasteiger partial charge >= 0.3 is 0 Å². The Balaban J connectivity index is 3.70. The Kier molecular flexibility index (Phi) is 4.78. The van der Waals surface area contributed by atoms with E-state index in [1.54, 1.807) is 0 Å².